The lowest BCUT2D eigenvalue weighted by Gasteiger charge is -2.08. The van der Waals surface area contributed by atoms with Gasteiger partial charge in [-0.25, -0.2) is 4.98 Å². The molecule has 27 heavy (non-hydrogen) atoms. The van der Waals surface area contributed by atoms with Gasteiger partial charge in [0.15, 0.2) is 5.13 Å². The summed E-state index contributed by atoms with van der Waals surface area (Å²) in [5, 5.41) is 3.45. The van der Waals surface area contributed by atoms with Crippen molar-refractivity contribution in [3.63, 3.8) is 0 Å². The highest BCUT2D eigenvalue weighted by Gasteiger charge is 2.24. The summed E-state index contributed by atoms with van der Waals surface area (Å²) in [7, 11) is 4.76. The van der Waals surface area contributed by atoms with Crippen LogP contribution in [0.25, 0.3) is 11.3 Å². The molecule has 2 aromatic carbocycles. The molecule has 0 saturated carbocycles. The monoisotopic (exact) mass is 382 g/mol. The number of nitrogens with zero attached hydrogens (tertiary/aromatic N) is 1. The summed E-state index contributed by atoms with van der Waals surface area (Å²) >= 11 is 1.49. The lowest BCUT2D eigenvalue weighted by molar-refractivity contribution is 0.102. The normalized spacial score (nSPS) is 11.5. The minimum atomic E-state index is -0.255. The molecule has 0 saturated heterocycles. The van der Waals surface area contributed by atoms with Crippen molar-refractivity contribution in [3.8, 4) is 28.5 Å². The summed E-state index contributed by atoms with van der Waals surface area (Å²) < 4.78 is 15.7. The zero-order valence-corrected chi connectivity index (χ0v) is 16.0. The van der Waals surface area contributed by atoms with E-state index in [4.69, 9.17) is 14.2 Å². The van der Waals surface area contributed by atoms with Crippen LogP contribution in [0.1, 0.15) is 20.8 Å². The molecule has 1 amide bonds. The number of rotatable bonds is 5. The number of hydrogen-bond acceptors (Lipinski definition) is 6. The van der Waals surface area contributed by atoms with E-state index in [2.05, 4.69) is 10.3 Å². The topological polar surface area (TPSA) is 69.7 Å². The number of ether oxygens (including phenoxy) is 3. The van der Waals surface area contributed by atoms with E-state index in [-0.39, 0.29) is 5.91 Å². The Morgan fingerprint density at radius 2 is 1.70 bits per heavy atom. The molecule has 0 fully saturated rings. The summed E-state index contributed by atoms with van der Waals surface area (Å²) in [5.41, 5.74) is 3.66. The van der Waals surface area contributed by atoms with Gasteiger partial charge in [-0.1, -0.05) is 0 Å². The van der Waals surface area contributed by atoms with E-state index in [1.54, 1.807) is 39.5 Å². The van der Waals surface area contributed by atoms with E-state index >= 15 is 0 Å². The summed E-state index contributed by atoms with van der Waals surface area (Å²) in [6, 6.07) is 11.0. The van der Waals surface area contributed by atoms with Crippen molar-refractivity contribution in [3.05, 3.63) is 52.4 Å². The van der Waals surface area contributed by atoms with Crippen molar-refractivity contribution in [2.75, 3.05) is 26.6 Å². The molecule has 1 N–H and O–H groups in total. The molecule has 1 aliphatic rings. The molecule has 3 aromatic rings. The molecule has 1 aromatic heterocycles. The zero-order chi connectivity index (χ0) is 19.0. The lowest BCUT2D eigenvalue weighted by atomic mass is 10.1. The molecule has 4 rings (SSSR count). The second-order valence-electron chi connectivity index (χ2n) is 6.05. The molecule has 7 heteroatoms. The van der Waals surface area contributed by atoms with E-state index in [1.807, 2.05) is 18.2 Å². The quantitative estimate of drug-likeness (QED) is 0.565. The fraction of sp³-hybridized carbons (Fsp3) is 0.200. The van der Waals surface area contributed by atoms with Gasteiger partial charge in [-0.2, -0.15) is 0 Å². The van der Waals surface area contributed by atoms with Crippen LogP contribution in [-0.4, -0.2) is 32.2 Å². The molecule has 0 radical (unpaired) electrons. The average molecular weight is 382 g/mol. The van der Waals surface area contributed by atoms with Crippen molar-refractivity contribution in [2.45, 2.75) is 6.42 Å². The molecule has 1 aliphatic carbocycles. The first kappa shape index (κ1) is 17.4. The minimum Gasteiger partial charge on any atom is -0.497 e. The molecular weight excluding hydrogens is 364 g/mol. The van der Waals surface area contributed by atoms with Gasteiger partial charge in [0, 0.05) is 28.5 Å². The van der Waals surface area contributed by atoms with Gasteiger partial charge < -0.3 is 14.2 Å². The molecule has 0 aliphatic heterocycles. The van der Waals surface area contributed by atoms with Crippen LogP contribution in [0.3, 0.4) is 0 Å². The van der Waals surface area contributed by atoms with Crippen LogP contribution < -0.4 is 19.5 Å². The molecule has 6 nitrogen and oxygen atoms in total. The van der Waals surface area contributed by atoms with E-state index in [0.717, 1.165) is 28.3 Å². The Morgan fingerprint density at radius 3 is 2.37 bits per heavy atom. The Kier molecular flexibility index (Phi) is 4.45. The van der Waals surface area contributed by atoms with Crippen LogP contribution in [0.15, 0.2) is 36.4 Å². The third-order valence-electron chi connectivity index (χ3n) is 4.45. The Morgan fingerprint density at radius 1 is 1.00 bits per heavy atom. The Bertz CT molecular complexity index is 1010. The minimum absolute atomic E-state index is 0.255. The van der Waals surface area contributed by atoms with Crippen molar-refractivity contribution >= 4 is 22.4 Å². The van der Waals surface area contributed by atoms with Crippen LogP contribution in [0.5, 0.6) is 17.2 Å². The van der Waals surface area contributed by atoms with Crippen LogP contribution in [0.2, 0.25) is 0 Å². The Labute approximate surface area is 160 Å². The van der Waals surface area contributed by atoms with Gasteiger partial charge in [0.2, 0.25) is 0 Å². The molecule has 0 unspecified atom stereocenters. The number of benzene rings is 2. The van der Waals surface area contributed by atoms with Crippen LogP contribution in [0.4, 0.5) is 5.13 Å². The average Bonchev–Trinajstić information content (AvgIpc) is 3.23. The number of thiazole rings is 1. The van der Waals surface area contributed by atoms with E-state index in [9.17, 15) is 4.79 Å². The number of fused-ring (bicyclic) bond motifs is 3. The number of aromatic nitrogens is 1. The number of carbonyl (C=O) groups excluding carboxylic acids is 1. The van der Waals surface area contributed by atoms with Crippen molar-refractivity contribution < 1.29 is 19.0 Å². The fourth-order valence-corrected chi connectivity index (χ4v) is 4.08. The summed E-state index contributed by atoms with van der Waals surface area (Å²) in [6.07, 6.45) is 0.794. The van der Waals surface area contributed by atoms with Crippen molar-refractivity contribution in [2.24, 2.45) is 0 Å². The SMILES string of the molecule is COc1cc(OC)cc(C(=O)Nc2nc3c(s2)Cc2cc(OC)ccc2-3)c1. The van der Waals surface area contributed by atoms with E-state index < -0.39 is 0 Å². The highest BCUT2D eigenvalue weighted by molar-refractivity contribution is 7.16. The summed E-state index contributed by atoms with van der Waals surface area (Å²) in [5.74, 6) is 1.70. The van der Waals surface area contributed by atoms with Crippen molar-refractivity contribution in [1.29, 1.82) is 0 Å². The van der Waals surface area contributed by atoms with Gasteiger partial charge in [0.25, 0.3) is 5.91 Å². The molecular formula is C20H18N2O4S. The van der Waals surface area contributed by atoms with E-state index in [1.165, 1.54) is 16.9 Å². The third-order valence-corrected chi connectivity index (χ3v) is 5.42. The maximum absolute atomic E-state index is 12.6. The van der Waals surface area contributed by atoms with Gasteiger partial charge in [-0.15, -0.1) is 11.3 Å². The lowest BCUT2D eigenvalue weighted by Crippen LogP contribution is -2.12. The fourth-order valence-electron chi connectivity index (χ4n) is 3.09. The number of hydrogen-bond donors (Lipinski definition) is 1. The van der Waals surface area contributed by atoms with Crippen LogP contribution in [-0.2, 0) is 6.42 Å². The van der Waals surface area contributed by atoms with Gasteiger partial charge in [-0.3, -0.25) is 10.1 Å². The second-order valence-corrected chi connectivity index (χ2v) is 7.13. The smallest absolute Gasteiger partial charge is 0.257 e. The number of nitrogens with one attached hydrogen (secondary N) is 1. The van der Waals surface area contributed by atoms with Crippen LogP contribution >= 0.6 is 11.3 Å². The van der Waals surface area contributed by atoms with Gasteiger partial charge in [-0.05, 0) is 35.9 Å². The summed E-state index contributed by atoms with van der Waals surface area (Å²) in [4.78, 5) is 18.4. The zero-order valence-electron chi connectivity index (χ0n) is 15.2. The summed E-state index contributed by atoms with van der Waals surface area (Å²) in [6.45, 7) is 0. The van der Waals surface area contributed by atoms with Gasteiger partial charge >= 0.3 is 0 Å². The standard InChI is InChI=1S/C20H18N2O4S/c1-24-13-4-5-16-11(6-13)9-17-18(16)21-20(27-17)22-19(23)12-7-14(25-2)10-15(8-12)26-3/h4-8,10H,9H2,1-3H3,(H,21,22,23). The molecule has 0 spiro atoms. The predicted molar refractivity (Wildman–Crippen MR) is 104 cm³/mol. The first-order valence-electron chi connectivity index (χ1n) is 8.32. The molecule has 0 atom stereocenters. The largest absolute Gasteiger partial charge is 0.497 e. The number of methoxy groups -OCH3 is 3. The van der Waals surface area contributed by atoms with Gasteiger partial charge in [0.05, 0.1) is 27.0 Å². The highest BCUT2D eigenvalue weighted by atomic mass is 32.1. The molecule has 1 heterocycles. The third kappa shape index (κ3) is 3.21. The van der Waals surface area contributed by atoms with Gasteiger partial charge in [0.1, 0.15) is 17.2 Å². The predicted octanol–water partition coefficient (Wildman–Crippen LogP) is 3.99. The number of carbonyl (C=O) groups is 1. The first-order valence-corrected chi connectivity index (χ1v) is 9.14. The molecule has 0 bridgehead atoms. The number of amides is 1. The maximum Gasteiger partial charge on any atom is 0.257 e. The second kappa shape index (κ2) is 6.92. The Hall–Kier alpha value is -3.06. The van der Waals surface area contributed by atoms with E-state index in [0.29, 0.717) is 22.2 Å². The van der Waals surface area contributed by atoms with Crippen molar-refractivity contribution in [1.82, 2.24) is 4.98 Å². The highest BCUT2D eigenvalue weighted by Crippen LogP contribution is 2.42. The Balaban J connectivity index is 1.58. The first-order chi connectivity index (χ1) is 13.1. The van der Waals surface area contributed by atoms with Crippen LogP contribution in [0, 0.1) is 0 Å². The number of anilines is 1. The molecule has 138 valence electrons. The maximum atomic E-state index is 12.6.